The molecule has 10 heteroatoms. The summed E-state index contributed by atoms with van der Waals surface area (Å²) in [6, 6.07) is 0. The summed E-state index contributed by atoms with van der Waals surface area (Å²) in [6.07, 6.45) is 1.20. The minimum atomic E-state index is -0.433. The van der Waals surface area contributed by atoms with Gasteiger partial charge in [-0.05, 0) is 15.9 Å². The molecule has 0 unspecified atom stereocenters. The number of rotatable bonds is 2. The van der Waals surface area contributed by atoms with Gasteiger partial charge in [-0.3, -0.25) is 13.9 Å². The summed E-state index contributed by atoms with van der Waals surface area (Å²) >= 11 is 3.27. The molecule has 0 aliphatic carbocycles. The molecular formula is C10H9BrN6O3. The van der Waals surface area contributed by atoms with E-state index in [4.69, 9.17) is 4.42 Å². The standard InChI is InChI=1S/C10H9BrN6O3/c1-15-7-6(8(18)16(2)10(15)19)17(9(11)13-7)3-5-14-12-4-20-5/h4H,3H2,1-2H3. The van der Waals surface area contributed by atoms with E-state index < -0.39 is 11.2 Å². The van der Waals surface area contributed by atoms with Gasteiger partial charge < -0.3 is 8.98 Å². The summed E-state index contributed by atoms with van der Waals surface area (Å²) in [4.78, 5) is 28.3. The van der Waals surface area contributed by atoms with Crippen LogP contribution in [0.25, 0.3) is 11.2 Å². The summed E-state index contributed by atoms with van der Waals surface area (Å²) in [5.41, 5.74) is -0.276. The number of halogens is 1. The Labute approximate surface area is 119 Å². The van der Waals surface area contributed by atoms with Crippen molar-refractivity contribution in [2.75, 3.05) is 0 Å². The van der Waals surface area contributed by atoms with Gasteiger partial charge in [0.25, 0.3) is 5.56 Å². The molecule has 3 aromatic heterocycles. The van der Waals surface area contributed by atoms with Crippen LogP contribution in [0.3, 0.4) is 0 Å². The molecule has 0 saturated carbocycles. The van der Waals surface area contributed by atoms with Crippen LogP contribution >= 0.6 is 15.9 Å². The molecule has 9 nitrogen and oxygen atoms in total. The van der Waals surface area contributed by atoms with Gasteiger partial charge in [0.2, 0.25) is 12.3 Å². The number of aryl methyl sites for hydroxylation is 1. The summed E-state index contributed by atoms with van der Waals surface area (Å²) in [5, 5.41) is 7.35. The number of hydrogen-bond donors (Lipinski definition) is 0. The van der Waals surface area contributed by atoms with E-state index >= 15 is 0 Å². The highest BCUT2D eigenvalue weighted by Gasteiger charge is 2.18. The molecule has 0 N–H and O–H groups in total. The minimum Gasteiger partial charge on any atom is -0.426 e. The zero-order valence-electron chi connectivity index (χ0n) is 10.6. The monoisotopic (exact) mass is 340 g/mol. The van der Waals surface area contributed by atoms with E-state index in [9.17, 15) is 9.59 Å². The lowest BCUT2D eigenvalue weighted by Gasteiger charge is -2.05. The fraction of sp³-hybridized carbons (Fsp3) is 0.300. The first-order valence-corrected chi connectivity index (χ1v) is 6.36. The van der Waals surface area contributed by atoms with Crippen LogP contribution in [0.1, 0.15) is 5.89 Å². The van der Waals surface area contributed by atoms with Gasteiger partial charge >= 0.3 is 5.69 Å². The molecule has 0 aromatic carbocycles. The Balaban J connectivity index is 2.36. The second-order valence-corrected chi connectivity index (χ2v) is 4.89. The average molecular weight is 341 g/mol. The fourth-order valence-electron chi connectivity index (χ4n) is 1.96. The van der Waals surface area contributed by atoms with Gasteiger partial charge in [0.1, 0.15) is 6.54 Å². The van der Waals surface area contributed by atoms with Gasteiger partial charge in [0, 0.05) is 14.1 Å². The van der Waals surface area contributed by atoms with Crippen LogP contribution in [0, 0.1) is 0 Å². The molecule has 3 aromatic rings. The van der Waals surface area contributed by atoms with E-state index in [1.807, 2.05) is 0 Å². The molecule has 3 rings (SSSR count). The lowest BCUT2D eigenvalue weighted by atomic mass is 10.5. The Bertz CT molecular complexity index is 904. The molecule has 0 atom stereocenters. The van der Waals surface area contributed by atoms with Gasteiger partial charge in [0.15, 0.2) is 15.9 Å². The van der Waals surface area contributed by atoms with Crippen molar-refractivity contribution in [3.8, 4) is 0 Å². The lowest BCUT2D eigenvalue weighted by Crippen LogP contribution is -2.37. The number of aromatic nitrogens is 6. The minimum absolute atomic E-state index is 0.185. The Hall–Kier alpha value is -2.23. The van der Waals surface area contributed by atoms with Crippen LogP contribution in [0.2, 0.25) is 0 Å². The van der Waals surface area contributed by atoms with Crippen molar-refractivity contribution in [2.45, 2.75) is 6.54 Å². The van der Waals surface area contributed by atoms with Gasteiger partial charge in [-0.2, -0.15) is 0 Å². The van der Waals surface area contributed by atoms with Crippen LogP contribution in [0.4, 0.5) is 0 Å². The largest absolute Gasteiger partial charge is 0.426 e. The maximum Gasteiger partial charge on any atom is 0.332 e. The molecule has 0 aliphatic rings. The highest BCUT2D eigenvalue weighted by molar-refractivity contribution is 9.10. The molecular weight excluding hydrogens is 332 g/mol. The highest BCUT2D eigenvalue weighted by Crippen LogP contribution is 2.17. The molecule has 3 heterocycles. The normalized spacial score (nSPS) is 11.3. The van der Waals surface area contributed by atoms with Gasteiger partial charge in [-0.1, -0.05) is 0 Å². The van der Waals surface area contributed by atoms with E-state index in [1.54, 1.807) is 11.6 Å². The Morgan fingerprint density at radius 1 is 1.30 bits per heavy atom. The third-order valence-corrected chi connectivity index (χ3v) is 3.61. The van der Waals surface area contributed by atoms with Gasteiger partial charge in [-0.15, -0.1) is 10.2 Å². The highest BCUT2D eigenvalue weighted by atomic mass is 79.9. The first-order chi connectivity index (χ1) is 9.50. The smallest absolute Gasteiger partial charge is 0.332 e. The summed E-state index contributed by atoms with van der Waals surface area (Å²) in [7, 11) is 2.97. The molecule has 0 saturated heterocycles. The van der Waals surface area contributed by atoms with Crippen LogP contribution < -0.4 is 11.2 Å². The van der Waals surface area contributed by atoms with Crippen molar-refractivity contribution >= 4 is 27.1 Å². The van der Waals surface area contributed by atoms with E-state index in [0.717, 1.165) is 4.57 Å². The van der Waals surface area contributed by atoms with Crippen molar-refractivity contribution in [3.05, 3.63) is 37.9 Å². The third kappa shape index (κ3) is 1.72. The van der Waals surface area contributed by atoms with Crippen molar-refractivity contribution in [1.82, 2.24) is 28.9 Å². The zero-order valence-corrected chi connectivity index (χ0v) is 12.2. The summed E-state index contributed by atoms with van der Waals surface area (Å²) < 4.78 is 9.39. The van der Waals surface area contributed by atoms with Gasteiger partial charge in [0.05, 0.1) is 0 Å². The molecule has 0 amide bonds. The van der Waals surface area contributed by atoms with E-state index in [1.165, 1.54) is 18.0 Å². The lowest BCUT2D eigenvalue weighted by molar-refractivity contribution is 0.477. The second-order valence-electron chi connectivity index (χ2n) is 4.18. The van der Waals surface area contributed by atoms with Gasteiger partial charge in [-0.25, -0.2) is 9.78 Å². The molecule has 0 radical (unpaired) electrons. The number of fused-ring (bicyclic) bond motifs is 1. The van der Waals surface area contributed by atoms with Crippen molar-refractivity contribution < 1.29 is 4.42 Å². The van der Waals surface area contributed by atoms with Crippen LogP contribution in [-0.4, -0.2) is 28.9 Å². The number of hydrogen-bond acceptors (Lipinski definition) is 6. The average Bonchev–Trinajstić information content (AvgIpc) is 3.04. The molecule has 0 spiro atoms. The Kier molecular flexibility index (Phi) is 2.82. The Morgan fingerprint density at radius 3 is 2.70 bits per heavy atom. The fourth-order valence-corrected chi connectivity index (χ4v) is 2.43. The third-order valence-electron chi connectivity index (χ3n) is 3.00. The molecule has 0 bridgehead atoms. The van der Waals surface area contributed by atoms with E-state index in [2.05, 4.69) is 31.1 Å². The summed E-state index contributed by atoms with van der Waals surface area (Å²) in [5.74, 6) is 0.334. The van der Waals surface area contributed by atoms with Crippen molar-refractivity contribution in [3.63, 3.8) is 0 Å². The Morgan fingerprint density at radius 2 is 2.05 bits per heavy atom. The predicted octanol–water partition coefficient (Wildman–Crippen LogP) is -0.373. The van der Waals surface area contributed by atoms with Crippen LogP contribution in [-0.2, 0) is 20.6 Å². The van der Waals surface area contributed by atoms with E-state index in [-0.39, 0.29) is 6.54 Å². The quantitative estimate of drug-likeness (QED) is 0.590. The molecule has 20 heavy (non-hydrogen) atoms. The predicted molar refractivity (Wildman–Crippen MR) is 71.3 cm³/mol. The topological polar surface area (TPSA) is 101 Å². The van der Waals surface area contributed by atoms with E-state index in [0.29, 0.717) is 21.8 Å². The molecule has 0 aliphatic heterocycles. The SMILES string of the molecule is Cn1c(=O)c2c(nc(Br)n2Cc2nnco2)n(C)c1=O. The number of nitrogens with zero attached hydrogens (tertiary/aromatic N) is 6. The van der Waals surface area contributed by atoms with Crippen molar-refractivity contribution in [2.24, 2.45) is 14.1 Å². The maximum absolute atomic E-state index is 12.3. The first-order valence-electron chi connectivity index (χ1n) is 5.57. The zero-order chi connectivity index (χ0) is 14.4. The van der Waals surface area contributed by atoms with Crippen LogP contribution in [0.5, 0.6) is 0 Å². The first kappa shape index (κ1) is 12.8. The molecule has 0 fully saturated rings. The summed E-state index contributed by atoms with van der Waals surface area (Å²) in [6.45, 7) is 0.185. The number of imidazole rings is 1. The van der Waals surface area contributed by atoms with Crippen LogP contribution in [0.15, 0.2) is 25.1 Å². The van der Waals surface area contributed by atoms with Crippen molar-refractivity contribution in [1.29, 1.82) is 0 Å². The molecule has 104 valence electrons. The maximum atomic E-state index is 12.3. The second kappa shape index (κ2) is 4.40.